The summed E-state index contributed by atoms with van der Waals surface area (Å²) in [7, 11) is 0. The second-order valence-corrected chi connectivity index (χ2v) is 6.70. The van der Waals surface area contributed by atoms with E-state index in [9.17, 15) is 4.39 Å². The largest absolute Gasteiger partial charge is 0.207 e. The Kier molecular flexibility index (Phi) is 5.17. The van der Waals surface area contributed by atoms with Gasteiger partial charge in [-0.1, -0.05) is 58.0 Å². The first-order valence-electron chi connectivity index (χ1n) is 7.83. The summed E-state index contributed by atoms with van der Waals surface area (Å²) >= 11 is 0. The van der Waals surface area contributed by atoms with Gasteiger partial charge >= 0.3 is 0 Å². The SMILES string of the molecule is CC(C)Cc1cccc(-c2cc(F)ccc2CC(C)C)c1. The van der Waals surface area contributed by atoms with E-state index < -0.39 is 0 Å². The summed E-state index contributed by atoms with van der Waals surface area (Å²) in [5.74, 6) is 1.03. The van der Waals surface area contributed by atoms with E-state index in [2.05, 4.69) is 52.0 Å². The van der Waals surface area contributed by atoms with Crippen LogP contribution in [0.2, 0.25) is 0 Å². The molecule has 0 amide bonds. The van der Waals surface area contributed by atoms with Gasteiger partial charge in [0, 0.05) is 0 Å². The zero-order chi connectivity index (χ0) is 15.4. The first-order chi connectivity index (χ1) is 9.95. The van der Waals surface area contributed by atoms with E-state index in [4.69, 9.17) is 0 Å². The topological polar surface area (TPSA) is 0 Å². The van der Waals surface area contributed by atoms with Crippen molar-refractivity contribution < 1.29 is 4.39 Å². The third-order valence-electron chi connectivity index (χ3n) is 3.58. The molecular weight excluding hydrogens is 259 g/mol. The summed E-state index contributed by atoms with van der Waals surface area (Å²) in [4.78, 5) is 0. The number of halogens is 1. The van der Waals surface area contributed by atoms with Gasteiger partial charge in [0.1, 0.15) is 5.82 Å². The Labute approximate surface area is 128 Å². The van der Waals surface area contributed by atoms with E-state index in [1.807, 2.05) is 6.07 Å². The maximum atomic E-state index is 13.7. The van der Waals surface area contributed by atoms with Crippen LogP contribution in [-0.4, -0.2) is 0 Å². The lowest BCUT2D eigenvalue weighted by Crippen LogP contribution is -1.99. The molecule has 2 aromatic rings. The molecule has 0 aliphatic carbocycles. The van der Waals surface area contributed by atoms with Crippen molar-refractivity contribution >= 4 is 0 Å². The molecule has 2 rings (SSSR count). The van der Waals surface area contributed by atoms with Crippen molar-refractivity contribution in [3.63, 3.8) is 0 Å². The molecule has 0 aromatic heterocycles. The molecule has 0 N–H and O–H groups in total. The molecular formula is C20H25F. The third kappa shape index (κ3) is 4.42. The van der Waals surface area contributed by atoms with Crippen LogP contribution in [0.4, 0.5) is 4.39 Å². The summed E-state index contributed by atoms with van der Waals surface area (Å²) < 4.78 is 13.7. The number of rotatable bonds is 5. The first-order valence-corrected chi connectivity index (χ1v) is 7.83. The fourth-order valence-corrected chi connectivity index (χ4v) is 2.77. The highest BCUT2D eigenvalue weighted by molar-refractivity contribution is 5.68. The molecule has 0 spiro atoms. The van der Waals surface area contributed by atoms with Crippen LogP contribution in [-0.2, 0) is 12.8 Å². The van der Waals surface area contributed by atoms with Crippen molar-refractivity contribution in [3.8, 4) is 11.1 Å². The van der Waals surface area contributed by atoms with Crippen LogP contribution in [0.15, 0.2) is 42.5 Å². The van der Waals surface area contributed by atoms with Crippen molar-refractivity contribution in [1.29, 1.82) is 0 Å². The van der Waals surface area contributed by atoms with Crippen LogP contribution >= 0.6 is 0 Å². The van der Waals surface area contributed by atoms with Crippen molar-refractivity contribution in [2.24, 2.45) is 11.8 Å². The Bertz CT molecular complexity index is 597. The number of benzene rings is 2. The zero-order valence-electron chi connectivity index (χ0n) is 13.5. The highest BCUT2D eigenvalue weighted by Gasteiger charge is 2.09. The van der Waals surface area contributed by atoms with Gasteiger partial charge in [-0.05, 0) is 59.1 Å². The Morgan fingerprint density at radius 2 is 1.57 bits per heavy atom. The van der Waals surface area contributed by atoms with E-state index in [1.54, 1.807) is 12.1 Å². The lowest BCUT2D eigenvalue weighted by molar-refractivity contribution is 0.621. The van der Waals surface area contributed by atoms with Crippen LogP contribution in [0.3, 0.4) is 0 Å². The molecule has 0 bridgehead atoms. The van der Waals surface area contributed by atoms with Gasteiger partial charge in [-0.3, -0.25) is 0 Å². The monoisotopic (exact) mass is 284 g/mol. The van der Waals surface area contributed by atoms with E-state index in [1.165, 1.54) is 11.1 Å². The van der Waals surface area contributed by atoms with Crippen molar-refractivity contribution in [1.82, 2.24) is 0 Å². The van der Waals surface area contributed by atoms with Gasteiger partial charge in [-0.2, -0.15) is 0 Å². The molecule has 21 heavy (non-hydrogen) atoms. The molecule has 2 aromatic carbocycles. The molecule has 0 heterocycles. The molecule has 112 valence electrons. The van der Waals surface area contributed by atoms with Crippen molar-refractivity contribution in [3.05, 3.63) is 59.4 Å². The molecule has 0 saturated carbocycles. The highest BCUT2D eigenvalue weighted by Crippen LogP contribution is 2.28. The Morgan fingerprint density at radius 1 is 0.857 bits per heavy atom. The van der Waals surface area contributed by atoms with Gasteiger partial charge in [-0.15, -0.1) is 0 Å². The molecule has 0 radical (unpaired) electrons. The fourth-order valence-electron chi connectivity index (χ4n) is 2.77. The van der Waals surface area contributed by atoms with E-state index >= 15 is 0 Å². The molecule has 0 aliphatic rings. The van der Waals surface area contributed by atoms with Crippen LogP contribution in [0, 0.1) is 17.7 Å². The van der Waals surface area contributed by atoms with Gasteiger partial charge in [0.25, 0.3) is 0 Å². The molecule has 1 heteroatoms. The van der Waals surface area contributed by atoms with Gasteiger partial charge in [0.2, 0.25) is 0 Å². The van der Waals surface area contributed by atoms with Crippen LogP contribution in [0.5, 0.6) is 0 Å². The smallest absolute Gasteiger partial charge is 0.123 e. The molecule has 0 fully saturated rings. The van der Waals surface area contributed by atoms with Gasteiger partial charge in [0.05, 0.1) is 0 Å². The average molecular weight is 284 g/mol. The molecule has 0 aliphatic heterocycles. The molecule has 0 atom stereocenters. The minimum Gasteiger partial charge on any atom is -0.207 e. The predicted octanol–water partition coefficient (Wildman–Crippen LogP) is 5.89. The van der Waals surface area contributed by atoms with Gasteiger partial charge in [-0.25, -0.2) is 4.39 Å². The standard InChI is InChI=1S/C20H25F/c1-14(2)10-16-6-5-7-17(12-16)20-13-19(21)9-8-18(20)11-15(3)4/h5-9,12-15H,10-11H2,1-4H3. The fraction of sp³-hybridized carbons (Fsp3) is 0.400. The predicted molar refractivity (Wildman–Crippen MR) is 88.9 cm³/mol. The number of hydrogen-bond donors (Lipinski definition) is 0. The first kappa shape index (κ1) is 15.8. The third-order valence-corrected chi connectivity index (χ3v) is 3.58. The lowest BCUT2D eigenvalue weighted by atomic mass is 9.92. The summed E-state index contributed by atoms with van der Waals surface area (Å²) in [6.45, 7) is 8.84. The normalized spacial score (nSPS) is 11.4. The molecule has 0 nitrogen and oxygen atoms in total. The highest BCUT2D eigenvalue weighted by atomic mass is 19.1. The Balaban J connectivity index is 2.42. The maximum absolute atomic E-state index is 13.7. The second-order valence-electron chi connectivity index (χ2n) is 6.70. The minimum absolute atomic E-state index is 0.160. The average Bonchev–Trinajstić information content (AvgIpc) is 2.40. The second kappa shape index (κ2) is 6.89. The zero-order valence-corrected chi connectivity index (χ0v) is 13.5. The van der Waals surface area contributed by atoms with E-state index in [-0.39, 0.29) is 5.82 Å². The minimum atomic E-state index is -0.160. The van der Waals surface area contributed by atoms with Crippen molar-refractivity contribution in [2.75, 3.05) is 0 Å². The summed E-state index contributed by atoms with van der Waals surface area (Å²) in [6.07, 6.45) is 2.03. The van der Waals surface area contributed by atoms with Crippen molar-refractivity contribution in [2.45, 2.75) is 40.5 Å². The molecule has 0 unspecified atom stereocenters. The lowest BCUT2D eigenvalue weighted by Gasteiger charge is -2.14. The van der Waals surface area contributed by atoms with Crippen LogP contribution in [0.25, 0.3) is 11.1 Å². The molecule has 0 saturated heterocycles. The van der Waals surface area contributed by atoms with E-state index in [0.29, 0.717) is 11.8 Å². The summed E-state index contributed by atoms with van der Waals surface area (Å²) in [5, 5.41) is 0. The number of hydrogen-bond acceptors (Lipinski definition) is 0. The quantitative estimate of drug-likeness (QED) is 0.642. The van der Waals surface area contributed by atoms with Crippen LogP contribution in [0.1, 0.15) is 38.8 Å². The van der Waals surface area contributed by atoms with Gasteiger partial charge < -0.3 is 0 Å². The van der Waals surface area contributed by atoms with Crippen LogP contribution < -0.4 is 0 Å². The Hall–Kier alpha value is -1.63. The summed E-state index contributed by atoms with van der Waals surface area (Å²) in [5.41, 5.74) is 4.72. The van der Waals surface area contributed by atoms with E-state index in [0.717, 1.165) is 24.0 Å². The summed E-state index contributed by atoms with van der Waals surface area (Å²) in [6, 6.07) is 13.7. The van der Waals surface area contributed by atoms with Gasteiger partial charge in [0.15, 0.2) is 0 Å². The maximum Gasteiger partial charge on any atom is 0.123 e. The Morgan fingerprint density at radius 3 is 2.24 bits per heavy atom.